The van der Waals surface area contributed by atoms with E-state index in [1.54, 1.807) is 25.4 Å². The Kier molecular flexibility index (Phi) is 3.58. The number of carboxylic acid groups (broad SMARTS) is 1. The highest BCUT2D eigenvalue weighted by atomic mass is 16.5. The molecule has 1 aromatic heterocycles. The highest BCUT2D eigenvalue weighted by Crippen LogP contribution is 2.26. The molecule has 0 radical (unpaired) electrons. The van der Waals surface area contributed by atoms with Crippen molar-refractivity contribution in [2.75, 3.05) is 25.2 Å². The molecule has 1 N–H and O–H groups in total. The predicted octanol–water partition coefficient (Wildman–Crippen LogP) is 1.40. The Bertz CT molecular complexity index is 408. The van der Waals surface area contributed by atoms with Crippen molar-refractivity contribution in [3.05, 3.63) is 23.9 Å². The summed E-state index contributed by atoms with van der Waals surface area (Å²) >= 11 is 0. The fourth-order valence-electron chi connectivity index (χ4n) is 2.27. The Morgan fingerprint density at radius 2 is 2.53 bits per heavy atom. The molecule has 2 rings (SSSR count). The van der Waals surface area contributed by atoms with Crippen LogP contribution < -0.4 is 4.90 Å². The van der Waals surface area contributed by atoms with Crippen LogP contribution in [0.5, 0.6) is 0 Å². The topological polar surface area (TPSA) is 62.7 Å². The van der Waals surface area contributed by atoms with Crippen LogP contribution in [0.15, 0.2) is 18.3 Å². The lowest BCUT2D eigenvalue weighted by Gasteiger charge is -2.26. The minimum atomic E-state index is -0.934. The molecule has 1 aliphatic heterocycles. The van der Waals surface area contributed by atoms with E-state index in [0.717, 1.165) is 19.4 Å². The predicted molar refractivity (Wildman–Crippen MR) is 63.4 cm³/mol. The molecule has 17 heavy (non-hydrogen) atoms. The second-order valence-corrected chi connectivity index (χ2v) is 4.12. The van der Waals surface area contributed by atoms with Gasteiger partial charge in [0.15, 0.2) is 0 Å². The number of carbonyl (C=O) groups is 1. The molecule has 0 saturated carbocycles. The van der Waals surface area contributed by atoms with Gasteiger partial charge in [-0.2, -0.15) is 0 Å². The molecule has 5 heteroatoms. The van der Waals surface area contributed by atoms with Gasteiger partial charge >= 0.3 is 5.97 Å². The van der Waals surface area contributed by atoms with Crippen LogP contribution in [0.4, 0.5) is 5.82 Å². The molecule has 2 heterocycles. The molecule has 1 aliphatic rings. The Labute approximate surface area is 100 Å². The van der Waals surface area contributed by atoms with Crippen LogP contribution in [0.25, 0.3) is 0 Å². The highest BCUT2D eigenvalue weighted by molar-refractivity contribution is 5.93. The van der Waals surface area contributed by atoms with Crippen LogP contribution in [-0.2, 0) is 4.74 Å². The van der Waals surface area contributed by atoms with Crippen molar-refractivity contribution in [3.8, 4) is 0 Å². The quantitative estimate of drug-likeness (QED) is 0.856. The molecule has 5 nitrogen and oxygen atoms in total. The van der Waals surface area contributed by atoms with Crippen molar-refractivity contribution in [1.29, 1.82) is 0 Å². The molecule has 1 saturated heterocycles. The number of pyridine rings is 1. The van der Waals surface area contributed by atoms with Crippen molar-refractivity contribution in [1.82, 2.24) is 4.98 Å². The van der Waals surface area contributed by atoms with E-state index in [9.17, 15) is 4.79 Å². The summed E-state index contributed by atoms with van der Waals surface area (Å²) in [7, 11) is 1.66. The lowest BCUT2D eigenvalue weighted by molar-refractivity contribution is 0.0697. The Morgan fingerprint density at radius 3 is 3.24 bits per heavy atom. The first-order valence-electron chi connectivity index (χ1n) is 5.68. The smallest absolute Gasteiger partial charge is 0.339 e. The van der Waals surface area contributed by atoms with E-state index >= 15 is 0 Å². The third-order valence-corrected chi connectivity index (χ3v) is 3.03. The van der Waals surface area contributed by atoms with Gasteiger partial charge in [0.25, 0.3) is 0 Å². The van der Waals surface area contributed by atoms with Gasteiger partial charge in [0.2, 0.25) is 0 Å². The maximum Gasteiger partial charge on any atom is 0.339 e. The number of rotatable bonds is 4. The number of aromatic carboxylic acids is 1. The SMILES string of the molecule is COCC1CCCN1c1ncccc1C(=O)O. The number of carboxylic acids is 1. The van der Waals surface area contributed by atoms with E-state index in [0.29, 0.717) is 12.4 Å². The molecule has 1 atom stereocenters. The van der Waals surface area contributed by atoms with Crippen LogP contribution in [0, 0.1) is 0 Å². The van der Waals surface area contributed by atoms with Gasteiger partial charge < -0.3 is 14.7 Å². The van der Waals surface area contributed by atoms with Gasteiger partial charge in [0, 0.05) is 19.9 Å². The van der Waals surface area contributed by atoms with Crippen LogP contribution in [-0.4, -0.2) is 42.4 Å². The summed E-state index contributed by atoms with van der Waals surface area (Å²) in [6, 6.07) is 3.47. The molecule has 0 spiro atoms. The third-order valence-electron chi connectivity index (χ3n) is 3.03. The number of nitrogens with zero attached hydrogens (tertiary/aromatic N) is 2. The minimum absolute atomic E-state index is 0.230. The summed E-state index contributed by atoms with van der Waals surface area (Å²) in [6.45, 7) is 1.45. The molecule has 1 unspecified atom stereocenters. The average Bonchev–Trinajstić information content (AvgIpc) is 2.77. The van der Waals surface area contributed by atoms with E-state index in [2.05, 4.69) is 4.98 Å². The van der Waals surface area contributed by atoms with E-state index in [-0.39, 0.29) is 11.6 Å². The van der Waals surface area contributed by atoms with E-state index in [1.807, 2.05) is 4.90 Å². The second-order valence-electron chi connectivity index (χ2n) is 4.12. The summed E-state index contributed by atoms with van der Waals surface area (Å²) in [6.07, 6.45) is 3.69. The van der Waals surface area contributed by atoms with Crippen LogP contribution in [0.2, 0.25) is 0 Å². The maximum absolute atomic E-state index is 11.1. The fraction of sp³-hybridized carbons (Fsp3) is 0.500. The van der Waals surface area contributed by atoms with Gasteiger partial charge in [-0.05, 0) is 25.0 Å². The number of hydrogen-bond donors (Lipinski definition) is 1. The number of aromatic nitrogens is 1. The summed E-state index contributed by atoms with van der Waals surface area (Å²) in [5, 5.41) is 9.14. The largest absolute Gasteiger partial charge is 0.478 e. The summed E-state index contributed by atoms with van der Waals surface area (Å²) < 4.78 is 5.16. The Hall–Kier alpha value is -1.62. The van der Waals surface area contributed by atoms with Crippen molar-refractivity contribution >= 4 is 11.8 Å². The fourth-order valence-corrected chi connectivity index (χ4v) is 2.27. The van der Waals surface area contributed by atoms with E-state index < -0.39 is 5.97 Å². The molecular weight excluding hydrogens is 220 g/mol. The van der Waals surface area contributed by atoms with Crippen molar-refractivity contribution in [2.45, 2.75) is 18.9 Å². The zero-order valence-electron chi connectivity index (χ0n) is 9.80. The Balaban J connectivity index is 2.29. The Morgan fingerprint density at radius 1 is 1.71 bits per heavy atom. The minimum Gasteiger partial charge on any atom is -0.478 e. The molecule has 92 valence electrons. The third kappa shape index (κ3) is 2.39. The summed E-state index contributed by atoms with van der Waals surface area (Å²) in [4.78, 5) is 17.4. The highest BCUT2D eigenvalue weighted by Gasteiger charge is 2.28. The first-order valence-corrected chi connectivity index (χ1v) is 5.68. The van der Waals surface area contributed by atoms with Gasteiger partial charge in [-0.15, -0.1) is 0 Å². The van der Waals surface area contributed by atoms with Gasteiger partial charge in [-0.25, -0.2) is 9.78 Å². The van der Waals surface area contributed by atoms with Gasteiger partial charge in [-0.3, -0.25) is 0 Å². The molecule has 0 aliphatic carbocycles. The first kappa shape index (κ1) is 11.9. The van der Waals surface area contributed by atoms with E-state index in [4.69, 9.17) is 9.84 Å². The van der Waals surface area contributed by atoms with Crippen molar-refractivity contribution in [2.24, 2.45) is 0 Å². The second kappa shape index (κ2) is 5.14. The zero-order valence-corrected chi connectivity index (χ0v) is 9.80. The lowest BCUT2D eigenvalue weighted by atomic mass is 10.2. The molecule has 1 fully saturated rings. The summed E-state index contributed by atoms with van der Waals surface area (Å²) in [5.41, 5.74) is 0.260. The maximum atomic E-state index is 11.1. The van der Waals surface area contributed by atoms with Crippen LogP contribution in [0.3, 0.4) is 0 Å². The van der Waals surface area contributed by atoms with Gasteiger partial charge in [0.1, 0.15) is 11.4 Å². The monoisotopic (exact) mass is 236 g/mol. The first-order chi connectivity index (χ1) is 8.24. The van der Waals surface area contributed by atoms with E-state index in [1.165, 1.54) is 0 Å². The number of ether oxygens (including phenoxy) is 1. The average molecular weight is 236 g/mol. The molecule has 1 aromatic rings. The normalized spacial score (nSPS) is 19.6. The van der Waals surface area contributed by atoms with Crippen molar-refractivity contribution in [3.63, 3.8) is 0 Å². The standard InChI is InChI=1S/C12H16N2O3/c1-17-8-9-4-3-7-14(9)11-10(12(15)16)5-2-6-13-11/h2,5-6,9H,3-4,7-8H2,1H3,(H,15,16). The lowest BCUT2D eigenvalue weighted by Crippen LogP contribution is -2.34. The molecule has 0 amide bonds. The van der Waals surface area contributed by atoms with Crippen LogP contribution in [0.1, 0.15) is 23.2 Å². The summed E-state index contributed by atoms with van der Waals surface area (Å²) in [5.74, 6) is -0.379. The number of methoxy groups -OCH3 is 1. The zero-order chi connectivity index (χ0) is 12.3. The molecule has 0 aromatic carbocycles. The molecular formula is C12H16N2O3. The number of anilines is 1. The molecule has 0 bridgehead atoms. The number of hydrogen-bond acceptors (Lipinski definition) is 4. The van der Waals surface area contributed by atoms with Gasteiger partial charge in [0.05, 0.1) is 12.6 Å². The van der Waals surface area contributed by atoms with Crippen molar-refractivity contribution < 1.29 is 14.6 Å². The van der Waals surface area contributed by atoms with Gasteiger partial charge in [-0.1, -0.05) is 0 Å². The van der Waals surface area contributed by atoms with Crippen LogP contribution >= 0.6 is 0 Å².